The summed E-state index contributed by atoms with van der Waals surface area (Å²) in [7, 11) is 0. The van der Waals surface area contributed by atoms with Gasteiger partial charge in [0, 0.05) is 18.3 Å². The van der Waals surface area contributed by atoms with Gasteiger partial charge in [-0.1, -0.05) is 6.07 Å². The fourth-order valence-corrected chi connectivity index (χ4v) is 2.76. The molecule has 0 saturated carbocycles. The van der Waals surface area contributed by atoms with Crippen molar-refractivity contribution in [1.29, 1.82) is 0 Å². The minimum atomic E-state index is -0.521. The Morgan fingerprint density at radius 2 is 2.13 bits per heavy atom. The number of hydrogen-bond donors (Lipinski definition) is 1. The molecular weight excluding hydrogens is 292 g/mol. The molecule has 23 heavy (non-hydrogen) atoms. The zero-order chi connectivity index (χ0) is 17.0. The molecule has 1 unspecified atom stereocenters. The molecule has 0 aliphatic carbocycles. The van der Waals surface area contributed by atoms with E-state index in [0.717, 1.165) is 49.2 Å². The maximum absolute atomic E-state index is 12.6. The van der Waals surface area contributed by atoms with E-state index < -0.39 is 5.60 Å². The van der Waals surface area contributed by atoms with Crippen LogP contribution in [0.3, 0.4) is 0 Å². The van der Waals surface area contributed by atoms with Gasteiger partial charge in [-0.2, -0.15) is 0 Å². The number of aromatic nitrogens is 1. The van der Waals surface area contributed by atoms with E-state index in [1.807, 2.05) is 33.8 Å². The number of aliphatic hydroxyl groups excluding tert-OH is 1. The Labute approximate surface area is 138 Å². The first-order chi connectivity index (χ1) is 10.8. The summed E-state index contributed by atoms with van der Waals surface area (Å²) < 4.78 is 5.56. The van der Waals surface area contributed by atoms with E-state index in [9.17, 15) is 4.79 Å². The first-order valence-electron chi connectivity index (χ1n) is 8.43. The van der Waals surface area contributed by atoms with Gasteiger partial charge in [0.15, 0.2) is 0 Å². The van der Waals surface area contributed by atoms with Crippen molar-refractivity contribution in [2.75, 3.05) is 11.5 Å². The molecule has 1 aromatic heterocycles. The van der Waals surface area contributed by atoms with E-state index in [1.54, 1.807) is 4.90 Å². The highest BCUT2D eigenvalue weighted by molar-refractivity contribution is 5.88. The number of anilines is 1. The fourth-order valence-electron chi connectivity index (χ4n) is 2.76. The summed E-state index contributed by atoms with van der Waals surface area (Å²) in [6.07, 6.45) is 3.99. The summed E-state index contributed by atoms with van der Waals surface area (Å²) in [5.74, 6) is 0.736. The van der Waals surface area contributed by atoms with Gasteiger partial charge < -0.3 is 9.84 Å². The zero-order valence-corrected chi connectivity index (χ0v) is 14.6. The first-order valence-corrected chi connectivity index (χ1v) is 8.43. The molecular formula is C18H28N2O3. The van der Waals surface area contributed by atoms with Gasteiger partial charge in [-0.15, -0.1) is 0 Å². The Kier molecular flexibility index (Phi) is 5.63. The lowest BCUT2D eigenvalue weighted by Gasteiger charge is -2.35. The maximum atomic E-state index is 12.6. The molecule has 0 aromatic carbocycles. The largest absolute Gasteiger partial charge is 0.443 e. The van der Waals surface area contributed by atoms with Crippen LogP contribution in [0.1, 0.15) is 58.2 Å². The fraction of sp³-hybridized carbons (Fsp3) is 0.667. The van der Waals surface area contributed by atoms with Gasteiger partial charge in [-0.05, 0) is 71.4 Å². The highest BCUT2D eigenvalue weighted by Crippen LogP contribution is 2.30. The number of nitrogens with zero attached hydrogens (tertiary/aromatic N) is 2. The van der Waals surface area contributed by atoms with Crippen molar-refractivity contribution < 1.29 is 14.6 Å². The van der Waals surface area contributed by atoms with Crippen molar-refractivity contribution in [3.05, 3.63) is 23.4 Å². The van der Waals surface area contributed by atoms with E-state index in [1.165, 1.54) is 0 Å². The normalized spacial score (nSPS) is 17.8. The van der Waals surface area contributed by atoms with Gasteiger partial charge in [0.1, 0.15) is 11.4 Å². The number of aliphatic hydroxyl groups is 1. The Hall–Kier alpha value is -1.62. The van der Waals surface area contributed by atoms with Crippen LogP contribution >= 0.6 is 0 Å². The number of unbranched alkanes of at least 4 members (excludes halogenated alkanes) is 1. The maximum Gasteiger partial charge on any atom is 0.416 e. The number of pyridine rings is 1. The average molecular weight is 320 g/mol. The molecule has 1 N–H and O–H groups in total. The van der Waals surface area contributed by atoms with Gasteiger partial charge in [0.05, 0.1) is 0 Å². The molecule has 5 heteroatoms. The molecule has 0 fully saturated rings. The number of aryl methyl sites for hydroxylation is 2. The third kappa shape index (κ3) is 4.67. The topological polar surface area (TPSA) is 62.7 Å². The van der Waals surface area contributed by atoms with Crippen LogP contribution in [0.25, 0.3) is 0 Å². The van der Waals surface area contributed by atoms with Crippen LogP contribution in [-0.2, 0) is 17.6 Å². The molecule has 1 aromatic rings. The Bertz CT molecular complexity index is 552. The van der Waals surface area contributed by atoms with Crippen molar-refractivity contribution >= 4 is 11.9 Å². The Balaban J connectivity index is 2.24. The van der Waals surface area contributed by atoms with Crippen molar-refractivity contribution in [3.63, 3.8) is 0 Å². The number of rotatable bonds is 4. The first kappa shape index (κ1) is 17.7. The summed E-state index contributed by atoms with van der Waals surface area (Å²) in [4.78, 5) is 19.0. The second kappa shape index (κ2) is 7.30. The van der Waals surface area contributed by atoms with Gasteiger partial charge in [-0.3, -0.25) is 4.90 Å². The zero-order valence-electron chi connectivity index (χ0n) is 14.6. The van der Waals surface area contributed by atoms with Crippen LogP contribution in [0, 0.1) is 0 Å². The van der Waals surface area contributed by atoms with E-state index in [0.29, 0.717) is 0 Å². The van der Waals surface area contributed by atoms with E-state index in [2.05, 4.69) is 6.07 Å². The molecule has 0 bridgehead atoms. The lowest BCUT2D eigenvalue weighted by atomic mass is 9.99. The second-order valence-electron chi connectivity index (χ2n) is 7.20. The van der Waals surface area contributed by atoms with Crippen LogP contribution in [0.5, 0.6) is 0 Å². The summed E-state index contributed by atoms with van der Waals surface area (Å²) in [6.45, 7) is 7.86. The number of carbonyl (C=O) groups excluding carboxylic acids is 1. The molecule has 2 rings (SSSR count). The van der Waals surface area contributed by atoms with Crippen molar-refractivity contribution in [2.24, 2.45) is 0 Å². The molecule has 2 heterocycles. The smallest absolute Gasteiger partial charge is 0.416 e. The predicted molar refractivity (Wildman–Crippen MR) is 90.8 cm³/mol. The molecule has 0 radical (unpaired) electrons. The lowest BCUT2D eigenvalue weighted by Crippen LogP contribution is -2.45. The minimum absolute atomic E-state index is 0.0811. The summed E-state index contributed by atoms with van der Waals surface area (Å²) >= 11 is 0. The molecule has 128 valence electrons. The van der Waals surface area contributed by atoms with E-state index in [-0.39, 0.29) is 18.7 Å². The number of hydrogen-bond acceptors (Lipinski definition) is 4. The van der Waals surface area contributed by atoms with Crippen LogP contribution in [0.4, 0.5) is 10.6 Å². The van der Waals surface area contributed by atoms with Crippen molar-refractivity contribution in [1.82, 2.24) is 4.98 Å². The number of ether oxygens (including phenoxy) is 1. The molecule has 0 spiro atoms. The molecule has 5 nitrogen and oxygen atoms in total. The highest BCUT2D eigenvalue weighted by Gasteiger charge is 2.33. The van der Waals surface area contributed by atoms with Crippen molar-refractivity contribution in [3.8, 4) is 0 Å². The van der Waals surface area contributed by atoms with Gasteiger partial charge >= 0.3 is 6.09 Å². The monoisotopic (exact) mass is 320 g/mol. The molecule has 1 atom stereocenters. The SMILES string of the molecule is CC1CCc2ccc(CCCCO)nc2N1C(=O)OC(C)(C)C. The highest BCUT2D eigenvalue weighted by atomic mass is 16.6. The van der Waals surface area contributed by atoms with Crippen molar-refractivity contribution in [2.45, 2.75) is 71.4 Å². The quantitative estimate of drug-likeness (QED) is 0.863. The van der Waals surface area contributed by atoms with Crippen LogP contribution < -0.4 is 4.90 Å². The van der Waals surface area contributed by atoms with Gasteiger partial charge in [-0.25, -0.2) is 9.78 Å². The third-order valence-corrected chi connectivity index (χ3v) is 3.95. The Morgan fingerprint density at radius 3 is 2.78 bits per heavy atom. The molecule has 0 saturated heterocycles. The molecule has 1 aliphatic rings. The third-order valence-electron chi connectivity index (χ3n) is 3.95. The van der Waals surface area contributed by atoms with E-state index in [4.69, 9.17) is 14.8 Å². The van der Waals surface area contributed by atoms with Crippen LogP contribution in [0.15, 0.2) is 12.1 Å². The van der Waals surface area contributed by atoms with Gasteiger partial charge in [0.25, 0.3) is 0 Å². The molecule has 1 amide bonds. The standard InChI is InChI=1S/C18H28N2O3/c1-13-8-9-14-10-11-15(7-5-6-12-21)19-16(14)20(13)17(22)23-18(2,3)4/h10-11,13,21H,5-9,12H2,1-4H3. The summed E-state index contributed by atoms with van der Waals surface area (Å²) in [5, 5.41) is 8.90. The second-order valence-corrected chi connectivity index (χ2v) is 7.20. The predicted octanol–water partition coefficient (Wildman–Crippen LogP) is 3.47. The number of fused-ring (bicyclic) bond motifs is 1. The van der Waals surface area contributed by atoms with Crippen LogP contribution in [-0.4, -0.2) is 34.4 Å². The van der Waals surface area contributed by atoms with Gasteiger partial charge in [0.2, 0.25) is 0 Å². The summed E-state index contributed by atoms with van der Waals surface area (Å²) in [5.41, 5.74) is 1.53. The minimum Gasteiger partial charge on any atom is -0.443 e. The molecule has 1 aliphatic heterocycles. The van der Waals surface area contributed by atoms with Crippen LogP contribution in [0.2, 0.25) is 0 Å². The average Bonchev–Trinajstić information content (AvgIpc) is 2.45. The van der Waals surface area contributed by atoms with E-state index >= 15 is 0 Å². The summed E-state index contributed by atoms with van der Waals surface area (Å²) in [6, 6.07) is 4.18. The number of amides is 1. The number of carbonyl (C=O) groups is 1. The lowest BCUT2D eigenvalue weighted by molar-refractivity contribution is 0.0562. The Morgan fingerprint density at radius 1 is 1.39 bits per heavy atom.